The normalized spacial score (nSPS) is 11.8. The summed E-state index contributed by atoms with van der Waals surface area (Å²) >= 11 is 0. The molecule has 1 aromatic heterocycles. The molecule has 20 heavy (non-hydrogen) atoms. The van der Waals surface area contributed by atoms with Crippen molar-refractivity contribution in [2.24, 2.45) is 0 Å². The van der Waals surface area contributed by atoms with Crippen molar-refractivity contribution < 1.29 is 13.2 Å². The first kappa shape index (κ1) is 16.8. The van der Waals surface area contributed by atoms with Gasteiger partial charge in [-0.05, 0) is 26.7 Å². The highest BCUT2D eigenvalue weighted by atomic mass is 32.2. The SMILES string of the molecule is CNc1ncc(S(=O)(=O)NCCCCOC(C)C)cn1. The summed E-state index contributed by atoms with van der Waals surface area (Å²) in [6.07, 6.45) is 4.30. The van der Waals surface area contributed by atoms with E-state index in [-0.39, 0.29) is 11.0 Å². The summed E-state index contributed by atoms with van der Waals surface area (Å²) in [7, 11) is -1.86. The Morgan fingerprint density at radius 1 is 1.25 bits per heavy atom. The van der Waals surface area contributed by atoms with Gasteiger partial charge in [0.1, 0.15) is 4.90 Å². The standard InChI is InChI=1S/C12H22N4O3S/c1-10(2)19-7-5-4-6-16-20(17,18)11-8-14-12(13-3)15-9-11/h8-10,16H,4-7H2,1-3H3,(H,13,14,15). The zero-order valence-electron chi connectivity index (χ0n) is 12.1. The topological polar surface area (TPSA) is 93.2 Å². The van der Waals surface area contributed by atoms with Crippen LogP contribution in [0.3, 0.4) is 0 Å². The van der Waals surface area contributed by atoms with Crippen LogP contribution in [0.15, 0.2) is 17.3 Å². The first-order valence-corrected chi connectivity index (χ1v) is 8.05. The lowest BCUT2D eigenvalue weighted by Gasteiger charge is -2.08. The third-order valence-electron chi connectivity index (χ3n) is 2.48. The predicted molar refractivity (Wildman–Crippen MR) is 77.1 cm³/mol. The molecule has 0 spiro atoms. The number of aromatic nitrogens is 2. The number of rotatable bonds is 9. The lowest BCUT2D eigenvalue weighted by Crippen LogP contribution is -2.25. The Labute approximate surface area is 120 Å². The molecule has 114 valence electrons. The van der Waals surface area contributed by atoms with E-state index < -0.39 is 10.0 Å². The first-order valence-electron chi connectivity index (χ1n) is 6.57. The van der Waals surface area contributed by atoms with E-state index in [4.69, 9.17) is 4.74 Å². The fourth-order valence-electron chi connectivity index (χ4n) is 1.42. The van der Waals surface area contributed by atoms with E-state index in [0.29, 0.717) is 19.1 Å². The number of nitrogens with zero attached hydrogens (tertiary/aromatic N) is 2. The van der Waals surface area contributed by atoms with E-state index in [1.165, 1.54) is 12.4 Å². The monoisotopic (exact) mass is 302 g/mol. The molecular formula is C12H22N4O3S. The molecule has 0 bridgehead atoms. The van der Waals surface area contributed by atoms with Gasteiger partial charge >= 0.3 is 0 Å². The van der Waals surface area contributed by atoms with Crippen molar-refractivity contribution in [3.63, 3.8) is 0 Å². The maximum absolute atomic E-state index is 11.9. The largest absolute Gasteiger partial charge is 0.379 e. The second kappa shape index (κ2) is 8.13. The second-order valence-electron chi connectivity index (χ2n) is 4.52. The fraction of sp³-hybridized carbons (Fsp3) is 0.667. The summed E-state index contributed by atoms with van der Waals surface area (Å²) < 4.78 is 31.8. The predicted octanol–water partition coefficient (Wildman–Crippen LogP) is 1.00. The van der Waals surface area contributed by atoms with Gasteiger partial charge in [0.2, 0.25) is 16.0 Å². The zero-order valence-corrected chi connectivity index (χ0v) is 12.9. The van der Waals surface area contributed by atoms with Gasteiger partial charge in [-0.1, -0.05) is 0 Å². The Balaban J connectivity index is 2.37. The average Bonchev–Trinajstić information content (AvgIpc) is 2.42. The summed E-state index contributed by atoms with van der Waals surface area (Å²) in [6.45, 7) is 4.95. The van der Waals surface area contributed by atoms with Gasteiger partial charge in [-0.3, -0.25) is 0 Å². The van der Waals surface area contributed by atoms with Crippen LogP contribution < -0.4 is 10.0 Å². The molecule has 1 rings (SSSR count). The summed E-state index contributed by atoms with van der Waals surface area (Å²) in [6, 6.07) is 0. The van der Waals surface area contributed by atoms with Gasteiger partial charge in [-0.15, -0.1) is 0 Å². The average molecular weight is 302 g/mol. The van der Waals surface area contributed by atoms with Crippen LogP contribution in [0.5, 0.6) is 0 Å². The number of hydrogen-bond acceptors (Lipinski definition) is 6. The van der Waals surface area contributed by atoms with Gasteiger partial charge in [-0.25, -0.2) is 23.1 Å². The summed E-state index contributed by atoms with van der Waals surface area (Å²) in [5.74, 6) is 0.384. The molecule has 0 aliphatic rings. The highest BCUT2D eigenvalue weighted by Crippen LogP contribution is 2.07. The number of anilines is 1. The van der Waals surface area contributed by atoms with Crippen LogP contribution in [-0.4, -0.2) is 44.7 Å². The first-order chi connectivity index (χ1) is 9.45. The summed E-state index contributed by atoms with van der Waals surface area (Å²) in [5, 5.41) is 2.73. The van der Waals surface area contributed by atoms with Gasteiger partial charge in [0, 0.05) is 20.2 Å². The molecule has 0 aromatic carbocycles. The van der Waals surface area contributed by atoms with E-state index in [1.807, 2.05) is 13.8 Å². The highest BCUT2D eigenvalue weighted by molar-refractivity contribution is 7.89. The van der Waals surface area contributed by atoms with Crippen molar-refractivity contribution in [1.82, 2.24) is 14.7 Å². The zero-order chi connectivity index (χ0) is 15.0. The Morgan fingerprint density at radius 2 is 1.90 bits per heavy atom. The van der Waals surface area contributed by atoms with Crippen LogP contribution >= 0.6 is 0 Å². The van der Waals surface area contributed by atoms with Gasteiger partial charge in [0.15, 0.2) is 0 Å². The van der Waals surface area contributed by atoms with Gasteiger partial charge in [-0.2, -0.15) is 0 Å². The Kier molecular flexibility index (Phi) is 6.83. The Hall–Kier alpha value is -1.25. The summed E-state index contributed by atoms with van der Waals surface area (Å²) in [4.78, 5) is 7.82. The molecule has 0 aliphatic carbocycles. The third kappa shape index (κ3) is 5.81. The van der Waals surface area contributed by atoms with Crippen molar-refractivity contribution in [2.75, 3.05) is 25.5 Å². The van der Waals surface area contributed by atoms with Crippen LogP contribution in [0, 0.1) is 0 Å². The number of nitrogens with one attached hydrogen (secondary N) is 2. The van der Waals surface area contributed by atoms with Crippen LogP contribution in [-0.2, 0) is 14.8 Å². The number of sulfonamides is 1. The van der Waals surface area contributed by atoms with E-state index in [0.717, 1.165) is 12.8 Å². The molecule has 8 heteroatoms. The smallest absolute Gasteiger partial charge is 0.243 e. The molecular weight excluding hydrogens is 280 g/mol. The number of hydrogen-bond donors (Lipinski definition) is 2. The Bertz CT molecular complexity index is 488. The van der Waals surface area contributed by atoms with Crippen molar-refractivity contribution in [3.8, 4) is 0 Å². The minimum Gasteiger partial charge on any atom is -0.379 e. The molecule has 0 aliphatic heterocycles. The minimum absolute atomic E-state index is 0.0648. The van der Waals surface area contributed by atoms with Gasteiger partial charge in [0.05, 0.1) is 18.5 Å². The highest BCUT2D eigenvalue weighted by Gasteiger charge is 2.14. The van der Waals surface area contributed by atoms with Crippen LogP contribution in [0.25, 0.3) is 0 Å². The van der Waals surface area contributed by atoms with E-state index in [1.54, 1.807) is 7.05 Å². The van der Waals surface area contributed by atoms with Gasteiger partial charge in [0.25, 0.3) is 0 Å². The minimum atomic E-state index is -3.53. The molecule has 1 heterocycles. The van der Waals surface area contributed by atoms with Crippen molar-refractivity contribution in [1.29, 1.82) is 0 Å². The third-order valence-corrected chi connectivity index (χ3v) is 3.89. The molecule has 0 saturated heterocycles. The van der Waals surface area contributed by atoms with Crippen LogP contribution in [0.1, 0.15) is 26.7 Å². The molecule has 0 amide bonds. The number of unbranched alkanes of at least 4 members (excludes halogenated alkanes) is 1. The van der Waals surface area contributed by atoms with Gasteiger partial charge < -0.3 is 10.1 Å². The van der Waals surface area contributed by atoms with E-state index in [9.17, 15) is 8.42 Å². The molecule has 0 saturated carbocycles. The Morgan fingerprint density at radius 3 is 2.45 bits per heavy atom. The molecule has 7 nitrogen and oxygen atoms in total. The lowest BCUT2D eigenvalue weighted by molar-refractivity contribution is 0.0762. The van der Waals surface area contributed by atoms with Crippen molar-refractivity contribution >= 4 is 16.0 Å². The fourth-order valence-corrected chi connectivity index (χ4v) is 2.38. The van der Waals surface area contributed by atoms with Crippen molar-refractivity contribution in [3.05, 3.63) is 12.4 Å². The maximum atomic E-state index is 11.9. The second-order valence-corrected chi connectivity index (χ2v) is 6.28. The quantitative estimate of drug-likeness (QED) is 0.661. The molecule has 0 radical (unpaired) electrons. The van der Waals surface area contributed by atoms with E-state index >= 15 is 0 Å². The number of ether oxygens (including phenoxy) is 1. The molecule has 2 N–H and O–H groups in total. The lowest BCUT2D eigenvalue weighted by atomic mass is 10.3. The summed E-state index contributed by atoms with van der Waals surface area (Å²) in [5.41, 5.74) is 0. The molecule has 0 atom stereocenters. The molecule has 0 unspecified atom stereocenters. The van der Waals surface area contributed by atoms with Crippen LogP contribution in [0.4, 0.5) is 5.95 Å². The van der Waals surface area contributed by atoms with Crippen LogP contribution in [0.2, 0.25) is 0 Å². The van der Waals surface area contributed by atoms with Crippen molar-refractivity contribution in [2.45, 2.75) is 37.7 Å². The molecule has 1 aromatic rings. The maximum Gasteiger partial charge on any atom is 0.243 e. The van der Waals surface area contributed by atoms with E-state index in [2.05, 4.69) is 20.0 Å². The molecule has 0 fully saturated rings.